The van der Waals surface area contributed by atoms with Crippen LogP contribution in [0.25, 0.3) is 0 Å². The number of hydrogen-bond donors (Lipinski definition) is 2. The van der Waals surface area contributed by atoms with Gasteiger partial charge in [0.25, 0.3) is 0 Å². The van der Waals surface area contributed by atoms with Gasteiger partial charge in [-0.15, -0.1) is 0 Å². The SMILES string of the molecule is CCCCCCCCCCCCCCC1CCC(CCC2CCC(c3ccc(Oc4ccc(N)cc4)cc3)(c3ccc(Oc4ccc(N)cc4)cc3)CC2)CC1. The molecule has 0 amide bonds. The predicted molar refractivity (Wildman–Crippen MR) is 238 cm³/mol. The highest BCUT2D eigenvalue weighted by Gasteiger charge is 2.38. The third-order valence-corrected chi connectivity index (χ3v) is 13.4. The first-order chi connectivity index (χ1) is 27.5. The summed E-state index contributed by atoms with van der Waals surface area (Å²) in [5, 5.41) is 0. The molecule has 0 atom stereocenters. The summed E-state index contributed by atoms with van der Waals surface area (Å²) in [6.07, 6.45) is 32.5. The van der Waals surface area contributed by atoms with Gasteiger partial charge in [0.2, 0.25) is 0 Å². The van der Waals surface area contributed by atoms with E-state index >= 15 is 0 Å². The monoisotopic (exact) mass is 757 g/mol. The van der Waals surface area contributed by atoms with Crippen molar-refractivity contribution in [1.29, 1.82) is 0 Å². The van der Waals surface area contributed by atoms with Crippen LogP contribution >= 0.6 is 0 Å². The zero-order chi connectivity index (χ0) is 38.8. The van der Waals surface area contributed by atoms with Gasteiger partial charge in [-0.05, 0) is 127 Å². The summed E-state index contributed by atoms with van der Waals surface area (Å²) in [5.74, 6) is 6.05. The molecule has 4 aromatic rings. The molecule has 0 saturated heterocycles. The maximum atomic E-state index is 6.18. The van der Waals surface area contributed by atoms with Crippen LogP contribution in [0, 0.1) is 17.8 Å². The second kappa shape index (κ2) is 22.1. The lowest BCUT2D eigenvalue weighted by atomic mass is 9.62. The van der Waals surface area contributed by atoms with Gasteiger partial charge in [-0.2, -0.15) is 0 Å². The summed E-state index contributed by atoms with van der Waals surface area (Å²) >= 11 is 0. The molecule has 0 radical (unpaired) electrons. The fourth-order valence-electron chi connectivity index (χ4n) is 9.79. The Kier molecular flexibility index (Phi) is 16.5. The van der Waals surface area contributed by atoms with Gasteiger partial charge in [0.15, 0.2) is 0 Å². The van der Waals surface area contributed by atoms with Crippen LogP contribution in [-0.2, 0) is 5.41 Å². The van der Waals surface area contributed by atoms with Crippen LogP contribution in [-0.4, -0.2) is 0 Å². The summed E-state index contributed by atoms with van der Waals surface area (Å²) in [5.41, 5.74) is 16.0. The number of anilines is 2. The Labute approximate surface area is 340 Å². The maximum absolute atomic E-state index is 6.18. The van der Waals surface area contributed by atoms with E-state index in [-0.39, 0.29) is 5.41 Å². The molecule has 0 heterocycles. The molecule has 2 aliphatic rings. The lowest BCUT2D eigenvalue weighted by Gasteiger charge is -2.42. The van der Waals surface area contributed by atoms with E-state index in [0.717, 1.165) is 52.1 Å². The van der Waals surface area contributed by atoms with Gasteiger partial charge >= 0.3 is 0 Å². The van der Waals surface area contributed by atoms with Gasteiger partial charge in [-0.3, -0.25) is 0 Å². The molecule has 0 aromatic heterocycles. The van der Waals surface area contributed by atoms with Crippen LogP contribution in [0.4, 0.5) is 11.4 Å². The van der Waals surface area contributed by atoms with Crippen molar-refractivity contribution in [2.75, 3.05) is 11.5 Å². The molecule has 0 spiro atoms. The van der Waals surface area contributed by atoms with Crippen LogP contribution in [0.2, 0.25) is 0 Å². The Morgan fingerprint density at radius 2 is 0.732 bits per heavy atom. The topological polar surface area (TPSA) is 70.5 Å². The number of nitrogen functional groups attached to an aromatic ring is 2. The highest BCUT2D eigenvalue weighted by atomic mass is 16.5. The molecule has 56 heavy (non-hydrogen) atoms. The first-order valence-corrected chi connectivity index (χ1v) is 22.8. The van der Waals surface area contributed by atoms with Crippen molar-refractivity contribution in [2.45, 2.75) is 160 Å². The van der Waals surface area contributed by atoms with Gasteiger partial charge in [-0.1, -0.05) is 153 Å². The van der Waals surface area contributed by atoms with Gasteiger partial charge in [0, 0.05) is 16.8 Å². The Hall–Kier alpha value is -3.92. The smallest absolute Gasteiger partial charge is 0.127 e. The molecule has 302 valence electrons. The molecule has 6 rings (SSSR count). The Morgan fingerprint density at radius 3 is 1.12 bits per heavy atom. The van der Waals surface area contributed by atoms with E-state index in [1.54, 1.807) is 0 Å². The predicted octanol–water partition coefficient (Wildman–Crippen LogP) is 15.6. The molecule has 4 aromatic carbocycles. The number of rotatable bonds is 22. The van der Waals surface area contributed by atoms with Gasteiger partial charge in [-0.25, -0.2) is 0 Å². The minimum absolute atomic E-state index is 0.0259. The Balaban J connectivity index is 0.958. The normalized spacial score (nSPS) is 18.4. The third kappa shape index (κ3) is 12.8. The molecule has 0 unspecified atom stereocenters. The highest BCUT2D eigenvalue weighted by Crippen LogP contribution is 2.49. The lowest BCUT2D eigenvalue weighted by molar-refractivity contribution is 0.208. The average Bonchev–Trinajstić information content (AvgIpc) is 3.23. The number of hydrogen-bond acceptors (Lipinski definition) is 4. The standard InChI is InChI=1S/C52H72N2O2/c1-2-3-4-5-6-7-8-9-10-11-12-13-14-41-15-17-42(18-16-41)19-20-43-37-39-52(40-38-43,44-21-29-48(30-22-44)55-50-33-25-46(53)26-34-50)45-23-31-49(32-24-45)56-51-35-27-47(54)28-36-51/h21-36,41-43H,2-20,37-40,53-54H2,1H3. The van der Waals surface area contributed by atoms with E-state index in [1.807, 2.05) is 48.5 Å². The van der Waals surface area contributed by atoms with Gasteiger partial charge < -0.3 is 20.9 Å². The summed E-state index contributed by atoms with van der Waals surface area (Å²) in [6.45, 7) is 2.31. The first-order valence-electron chi connectivity index (χ1n) is 22.8. The molecule has 2 aliphatic carbocycles. The number of ether oxygens (including phenoxy) is 2. The molecule has 0 aliphatic heterocycles. The molecule has 4 heteroatoms. The molecule has 4 nitrogen and oxygen atoms in total. The Morgan fingerprint density at radius 1 is 0.411 bits per heavy atom. The average molecular weight is 757 g/mol. The molecule has 0 bridgehead atoms. The van der Waals surface area contributed by atoms with Crippen molar-refractivity contribution < 1.29 is 9.47 Å². The largest absolute Gasteiger partial charge is 0.457 e. The minimum atomic E-state index is -0.0259. The fourth-order valence-corrected chi connectivity index (χ4v) is 9.79. The van der Waals surface area contributed by atoms with E-state index in [4.69, 9.17) is 20.9 Å². The highest BCUT2D eigenvalue weighted by molar-refractivity contribution is 5.47. The molecule has 4 N–H and O–H groups in total. The van der Waals surface area contributed by atoms with Crippen molar-refractivity contribution in [3.63, 3.8) is 0 Å². The molecular weight excluding hydrogens is 685 g/mol. The van der Waals surface area contributed by atoms with Crippen LogP contribution in [0.1, 0.15) is 166 Å². The number of unbranched alkanes of at least 4 members (excludes halogenated alkanes) is 11. The van der Waals surface area contributed by atoms with E-state index in [2.05, 4.69) is 55.5 Å². The van der Waals surface area contributed by atoms with Crippen molar-refractivity contribution in [3.05, 3.63) is 108 Å². The summed E-state index contributed by atoms with van der Waals surface area (Å²) < 4.78 is 12.4. The third-order valence-electron chi connectivity index (χ3n) is 13.4. The van der Waals surface area contributed by atoms with Crippen molar-refractivity contribution in [1.82, 2.24) is 0 Å². The van der Waals surface area contributed by atoms with E-state index in [0.29, 0.717) is 0 Å². The quantitative estimate of drug-likeness (QED) is 0.0619. The number of benzene rings is 4. The molecule has 2 saturated carbocycles. The fraction of sp³-hybridized carbons (Fsp3) is 0.538. The summed E-state index contributed by atoms with van der Waals surface area (Å²) in [4.78, 5) is 0. The van der Waals surface area contributed by atoms with Crippen LogP contribution in [0.5, 0.6) is 23.0 Å². The number of nitrogens with two attached hydrogens (primary N) is 2. The molecule has 2 fully saturated rings. The molecular formula is C52H72N2O2. The van der Waals surface area contributed by atoms with Gasteiger partial charge in [0.05, 0.1) is 0 Å². The van der Waals surface area contributed by atoms with Crippen molar-refractivity contribution in [3.8, 4) is 23.0 Å². The zero-order valence-corrected chi connectivity index (χ0v) is 34.7. The second-order valence-corrected chi connectivity index (χ2v) is 17.6. The van der Waals surface area contributed by atoms with E-state index < -0.39 is 0 Å². The summed E-state index contributed by atoms with van der Waals surface area (Å²) in [6, 6.07) is 32.9. The first kappa shape index (κ1) is 41.7. The Bertz CT molecular complexity index is 1560. The summed E-state index contributed by atoms with van der Waals surface area (Å²) in [7, 11) is 0. The minimum Gasteiger partial charge on any atom is -0.457 e. The second-order valence-electron chi connectivity index (χ2n) is 17.6. The van der Waals surface area contributed by atoms with Crippen LogP contribution in [0.15, 0.2) is 97.1 Å². The lowest BCUT2D eigenvalue weighted by Crippen LogP contribution is -2.33. The maximum Gasteiger partial charge on any atom is 0.127 e. The van der Waals surface area contributed by atoms with E-state index in [9.17, 15) is 0 Å². The van der Waals surface area contributed by atoms with Crippen LogP contribution < -0.4 is 20.9 Å². The zero-order valence-electron chi connectivity index (χ0n) is 34.7. The van der Waals surface area contributed by atoms with Crippen LogP contribution in [0.3, 0.4) is 0 Å². The van der Waals surface area contributed by atoms with E-state index in [1.165, 1.54) is 159 Å². The van der Waals surface area contributed by atoms with Crippen molar-refractivity contribution in [2.24, 2.45) is 17.8 Å². The van der Waals surface area contributed by atoms with Crippen molar-refractivity contribution >= 4 is 11.4 Å². The van der Waals surface area contributed by atoms with Gasteiger partial charge in [0.1, 0.15) is 23.0 Å².